The molecule has 7 nitrogen and oxygen atoms in total. The van der Waals surface area contributed by atoms with Gasteiger partial charge in [-0.05, 0) is 69.7 Å². The largest absolute Gasteiger partial charge is 0.484 e. The predicted molar refractivity (Wildman–Crippen MR) is 139 cm³/mol. The topological polar surface area (TPSA) is 93.5 Å². The Morgan fingerprint density at radius 3 is 2.42 bits per heavy atom. The summed E-state index contributed by atoms with van der Waals surface area (Å²) in [6.45, 7) is 7.85. The van der Waals surface area contributed by atoms with E-state index in [4.69, 9.17) is 9.15 Å². The number of aromatic nitrogens is 1. The van der Waals surface area contributed by atoms with Gasteiger partial charge >= 0.3 is 0 Å². The van der Waals surface area contributed by atoms with Crippen molar-refractivity contribution in [3.8, 4) is 17.2 Å². The van der Waals surface area contributed by atoms with Crippen molar-refractivity contribution >= 4 is 17.5 Å². The summed E-state index contributed by atoms with van der Waals surface area (Å²) in [6.07, 6.45) is 0. The first kappa shape index (κ1) is 24.7. The third-order valence-electron chi connectivity index (χ3n) is 5.72. The summed E-state index contributed by atoms with van der Waals surface area (Å²) < 4.78 is 11.4. The first-order valence-corrected chi connectivity index (χ1v) is 11.7. The zero-order valence-corrected chi connectivity index (χ0v) is 20.8. The van der Waals surface area contributed by atoms with Gasteiger partial charge in [-0.2, -0.15) is 0 Å². The number of anilines is 1. The molecule has 0 unspecified atom stereocenters. The molecule has 1 heterocycles. The molecule has 2 N–H and O–H groups in total. The minimum Gasteiger partial charge on any atom is -0.484 e. The Morgan fingerprint density at radius 2 is 1.67 bits per heavy atom. The van der Waals surface area contributed by atoms with Crippen molar-refractivity contribution in [2.24, 2.45) is 0 Å². The van der Waals surface area contributed by atoms with Gasteiger partial charge in [0.25, 0.3) is 11.8 Å². The van der Waals surface area contributed by atoms with E-state index in [0.717, 1.165) is 16.7 Å². The molecule has 0 aliphatic rings. The van der Waals surface area contributed by atoms with E-state index in [2.05, 4.69) is 15.6 Å². The Morgan fingerprint density at radius 1 is 0.917 bits per heavy atom. The summed E-state index contributed by atoms with van der Waals surface area (Å²) in [5.74, 6) is 1.24. The Bertz CT molecular complexity index is 1390. The summed E-state index contributed by atoms with van der Waals surface area (Å²) in [7, 11) is 0. The first-order chi connectivity index (χ1) is 17.3. The summed E-state index contributed by atoms with van der Waals surface area (Å²) in [4.78, 5) is 29.5. The summed E-state index contributed by atoms with van der Waals surface area (Å²) >= 11 is 0. The van der Waals surface area contributed by atoms with Crippen molar-refractivity contribution < 1.29 is 18.7 Å². The second-order valence-electron chi connectivity index (χ2n) is 8.75. The monoisotopic (exact) mass is 483 g/mol. The van der Waals surface area contributed by atoms with Crippen LogP contribution in [-0.4, -0.2) is 23.4 Å². The molecule has 0 spiro atoms. The smallest absolute Gasteiger partial charge is 0.262 e. The molecule has 0 atom stereocenters. The number of nitrogens with zero attached hydrogens (tertiary/aromatic N) is 1. The standard InChI is InChI=1S/C29H29N3O4/c1-18-8-11-24(12-9-18)35-17-27(33)31-23-7-5-6-22(15-23)29-32-26(21(4)36-29)16-30-28(34)25-13-10-19(2)14-20(25)3/h5-15H,16-17H2,1-4H3,(H,30,34)(H,31,33). The maximum Gasteiger partial charge on any atom is 0.262 e. The van der Waals surface area contributed by atoms with Gasteiger partial charge in [-0.25, -0.2) is 4.98 Å². The van der Waals surface area contributed by atoms with Gasteiger partial charge in [0, 0.05) is 16.8 Å². The summed E-state index contributed by atoms with van der Waals surface area (Å²) in [5, 5.41) is 5.75. The lowest BCUT2D eigenvalue weighted by atomic mass is 10.1. The van der Waals surface area contributed by atoms with Gasteiger partial charge in [-0.3, -0.25) is 9.59 Å². The molecule has 0 radical (unpaired) electrons. The fraction of sp³-hybridized carbons (Fsp3) is 0.207. The maximum atomic E-state index is 12.6. The van der Waals surface area contributed by atoms with Gasteiger partial charge in [0.05, 0.1) is 6.54 Å². The Labute approximate surface area is 210 Å². The average Bonchev–Trinajstić information content (AvgIpc) is 3.23. The highest BCUT2D eigenvalue weighted by Gasteiger charge is 2.15. The second kappa shape index (κ2) is 10.9. The summed E-state index contributed by atoms with van der Waals surface area (Å²) in [6, 6.07) is 20.5. The van der Waals surface area contributed by atoms with Crippen LogP contribution < -0.4 is 15.4 Å². The van der Waals surface area contributed by atoms with Crippen LogP contribution in [0.25, 0.3) is 11.5 Å². The number of carbonyl (C=O) groups excluding carboxylic acids is 2. The number of oxazole rings is 1. The zero-order chi connectivity index (χ0) is 25.7. The Hall–Kier alpha value is -4.39. The molecule has 0 saturated carbocycles. The van der Waals surface area contributed by atoms with Crippen LogP contribution in [0.1, 0.15) is 38.5 Å². The third-order valence-corrected chi connectivity index (χ3v) is 5.72. The van der Waals surface area contributed by atoms with E-state index in [0.29, 0.717) is 39.9 Å². The quantitative estimate of drug-likeness (QED) is 0.344. The number of amides is 2. The predicted octanol–water partition coefficient (Wildman–Crippen LogP) is 5.52. The normalized spacial score (nSPS) is 10.7. The molecule has 1 aromatic heterocycles. The minimum absolute atomic E-state index is 0.101. The number of hydrogen-bond donors (Lipinski definition) is 2. The molecular formula is C29H29N3O4. The average molecular weight is 484 g/mol. The Kier molecular flexibility index (Phi) is 7.49. The van der Waals surface area contributed by atoms with Crippen LogP contribution in [0.2, 0.25) is 0 Å². The van der Waals surface area contributed by atoms with Crippen molar-refractivity contribution in [2.45, 2.75) is 34.2 Å². The van der Waals surface area contributed by atoms with Crippen LogP contribution in [-0.2, 0) is 11.3 Å². The highest BCUT2D eigenvalue weighted by atomic mass is 16.5. The summed E-state index contributed by atoms with van der Waals surface area (Å²) in [5.41, 5.74) is 5.75. The molecule has 0 bridgehead atoms. The number of rotatable bonds is 8. The second-order valence-corrected chi connectivity index (χ2v) is 8.75. The highest BCUT2D eigenvalue weighted by molar-refractivity contribution is 5.95. The van der Waals surface area contributed by atoms with Crippen LogP contribution in [0.15, 0.2) is 71.1 Å². The molecule has 0 saturated heterocycles. The molecule has 0 aliphatic heterocycles. The number of hydrogen-bond acceptors (Lipinski definition) is 5. The maximum absolute atomic E-state index is 12.6. The van der Waals surface area contributed by atoms with Crippen LogP contribution >= 0.6 is 0 Å². The molecular weight excluding hydrogens is 454 g/mol. The third kappa shape index (κ3) is 6.18. The fourth-order valence-electron chi connectivity index (χ4n) is 3.75. The van der Waals surface area contributed by atoms with Crippen molar-refractivity contribution in [3.05, 3.63) is 100 Å². The van der Waals surface area contributed by atoms with Gasteiger partial charge in [0.15, 0.2) is 6.61 Å². The highest BCUT2D eigenvalue weighted by Crippen LogP contribution is 2.24. The van der Waals surface area contributed by atoms with E-state index in [9.17, 15) is 9.59 Å². The van der Waals surface area contributed by atoms with Crippen LogP contribution in [0, 0.1) is 27.7 Å². The molecule has 2 amide bonds. The molecule has 7 heteroatoms. The molecule has 36 heavy (non-hydrogen) atoms. The van der Waals surface area contributed by atoms with Gasteiger partial charge in [0.1, 0.15) is 17.2 Å². The lowest BCUT2D eigenvalue weighted by Gasteiger charge is -2.08. The van der Waals surface area contributed by atoms with E-state index in [1.165, 1.54) is 0 Å². The van der Waals surface area contributed by atoms with E-state index >= 15 is 0 Å². The molecule has 184 valence electrons. The number of benzene rings is 3. The molecule has 3 aromatic carbocycles. The molecule has 4 rings (SSSR count). The lowest BCUT2D eigenvalue weighted by molar-refractivity contribution is -0.118. The van der Waals surface area contributed by atoms with Gasteiger partial charge in [0.2, 0.25) is 5.89 Å². The van der Waals surface area contributed by atoms with Crippen molar-refractivity contribution in [1.82, 2.24) is 10.3 Å². The lowest BCUT2D eigenvalue weighted by Crippen LogP contribution is -2.24. The van der Waals surface area contributed by atoms with Crippen molar-refractivity contribution in [1.29, 1.82) is 0 Å². The minimum atomic E-state index is -0.272. The number of ether oxygens (including phenoxy) is 1. The van der Waals surface area contributed by atoms with Crippen LogP contribution in [0.3, 0.4) is 0 Å². The first-order valence-electron chi connectivity index (χ1n) is 11.7. The van der Waals surface area contributed by atoms with Crippen LogP contribution in [0.5, 0.6) is 5.75 Å². The number of aryl methyl sites for hydroxylation is 4. The van der Waals surface area contributed by atoms with E-state index in [-0.39, 0.29) is 25.0 Å². The molecule has 0 aliphatic carbocycles. The van der Waals surface area contributed by atoms with Crippen LogP contribution in [0.4, 0.5) is 5.69 Å². The van der Waals surface area contributed by atoms with E-state index < -0.39 is 0 Å². The molecule has 4 aromatic rings. The fourth-order valence-corrected chi connectivity index (χ4v) is 3.75. The van der Waals surface area contributed by atoms with Crippen molar-refractivity contribution in [3.63, 3.8) is 0 Å². The van der Waals surface area contributed by atoms with Gasteiger partial charge < -0.3 is 19.8 Å². The van der Waals surface area contributed by atoms with E-state index in [1.54, 1.807) is 12.1 Å². The van der Waals surface area contributed by atoms with Gasteiger partial charge in [-0.1, -0.05) is 41.5 Å². The van der Waals surface area contributed by atoms with Gasteiger partial charge in [-0.15, -0.1) is 0 Å². The molecule has 0 fully saturated rings. The number of carbonyl (C=O) groups is 2. The van der Waals surface area contributed by atoms with Crippen molar-refractivity contribution in [2.75, 3.05) is 11.9 Å². The Balaban J connectivity index is 1.37. The zero-order valence-electron chi connectivity index (χ0n) is 20.8. The van der Waals surface area contributed by atoms with E-state index in [1.807, 2.05) is 82.3 Å². The number of nitrogens with one attached hydrogen (secondary N) is 2. The SMILES string of the molecule is Cc1ccc(OCC(=O)Nc2cccc(-c3nc(CNC(=O)c4ccc(C)cc4C)c(C)o3)c2)cc1.